The number of rotatable bonds is 3. The van der Waals surface area contributed by atoms with Gasteiger partial charge in [0.1, 0.15) is 0 Å². The Morgan fingerprint density at radius 3 is 1.10 bits per heavy atom. The molecule has 0 amide bonds. The summed E-state index contributed by atoms with van der Waals surface area (Å²) < 4.78 is 2.93. The summed E-state index contributed by atoms with van der Waals surface area (Å²) in [6.07, 6.45) is 0. The first-order valence-electron chi connectivity index (χ1n) is 16.6. The van der Waals surface area contributed by atoms with Gasteiger partial charge in [-0.05, 0) is 0 Å². The first kappa shape index (κ1) is 27.6. The number of hydrogen-bond acceptors (Lipinski definition) is 0. The van der Waals surface area contributed by atoms with Crippen molar-refractivity contribution >= 4 is 76.9 Å². The van der Waals surface area contributed by atoms with E-state index >= 15 is 0 Å². The molecule has 0 fully saturated rings. The van der Waals surface area contributed by atoms with Crippen molar-refractivity contribution in [3.8, 4) is 33.4 Å². The topological polar surface area (TPSA) is 0 Å². The van der Waals surface area contributed by atoms with Crippen molar-refractivity contribution in [2.24, 2.45) is 0 Å². The van der Waals surface area contributed by atoms with Crippen LogP contribution in [0.1, 0.15) is 5.56 Å². The fraction of sp³-hybridized carbons (Fsp3) is 0.0213. The van der Waals surface area contributed by atoms with Crippen LogP contribution in [-0.4, -0.2) is 14.5 Å². The van der Waals surface area contributed by atoms with Crippen molar-refractivity contribution in [1.82, 2.24) is 0 Å². The molecule has 1 aromatic heterocycles. The van der Waals surface area contributed by atoms with Gasteiger partial charge in [0.15, 0.2) is 0 Å². The zero-order valence-corrected chi connectivity index (χ0v) is 28.2. The maximum absolute atomic E-state index is 2.38. The summed E-state index contributed by atoms with van der Waals surface area (Å²) in [6, 6.07) is 61.0. The summed E-state index contributed by atoms with van der Waals surface area (Å²) in [6.45, 7) is 2.27. The summed E-state index contributed by atoms with van der Waals surface area (Å²) >= 11 is 0.211. The van der Waals surface area contributed by atoms with E-state index in [2.05, 4.69) is 171 Å². The van der Waals surface area contributed by atoms with E-state index in [0.29, 0.717) is 0 Å². The van der Waals surface area contributed by atoms with Gasteiger partial charge in [0, 0.05) is 0 Å². The van der Waals surface area contributed by atoms with E-state index in [4.69, 9.17) is 0 Å². The van der Waals surface area contributed by atoms with Crippen LogP contribution < -0.4 is 0 Å². The zero-order chi connectivity index (χ0) is 31.8. The van der Waals surface area contributed by atoms with Crippen LogP contribution in [0.4, 0.5) is 0 Å². The van der Waals surface area contributed by atoms with E-state index in [0.717, 1.165) is 0 Å². The minimum atomic E-state index is 0.211. The SMILES string of the molecule is Cc1c2ccccc2c(-c2cccc3[se]c4cccc(-c5c6ccccc6c(-c6ccccc6)c6ccccc56)c4c23)c2ccccc12. The first-order chi connectivity index (χ1) is 23.8. The molecule has 0 radical (unpaired) electrons. The molecule has 9 aromatic carbocycles. The van der Waals surface area contributed by atoms with Gasteiger partial charge in [0.05, 0.1) is 0 Å². The van der Waals surface area contributed by atoms with Crippen LogP contribution in [-0.2, 0) is 0 Å². The van der Waals surface area contributed by atoms with Crippen molar-refractivity contribution in [3.05, 3.63) is 169 Å². The van der Waals surface area contributed by atoms with Crippen molar-refractivity contribution in [2.75, 3.05) is 0 Å². The normalized spacial score (nSPS) is 11.9. The van der Waals surface area contributed by atoms with Crippen LogP contribution in [0.15, 0.2) is 164 Å². The Hall–Kier alpha value is -5.46. The molecular formula is C47H30Se. The van der Waals surface area contributed by atoms with Gasteiger partial charge in [-0.1, -0.05) is 0 Å². The Kier molecular flexibility index (Phi) is 6.21. The molecule has 1 heteroatoms. The molecular weight excluding hydrogens is 643 g/mol. The third-order valence-corrected chi connectivity index (χ3v) is 12.6. The summed E-state index contributed by atoms with van der Waals surface area (Å²) in [5.74, 6) is 0. The molecule has 0 unspecified atom stereocenters. The van der Waals surface area contributed by atoms with E-state index in [1.165, 1.54) is 101 Å². The molecule has 0 nitrogen and oxygen atoms in total. The Labute approximate surface area is 285 Å². The Morgan fingerprint density at radius 2 is 0.667 bits per heavy atom. The summed E-state index contributed by atoms with van der Waals surface area (Å²) in [4.78, 5) is 0. The maximum atomic E-state index is 2.38. The van der Waals surface area contributed by atoms with Crippen LogP contribution in [0, 0.1) is 6.92 Å². The van der Waals surface area contributed by atoms with Crippen LogP contribution >= 0.6 is 0 Å². The molecule has 0 aliphatic rings. The standard InChI is InChI=1S/C47H30Se/c1-29-31-17-5-7-19-33(31)44(34-20-8-6-18-32(29)34)39-25-13-27-41-46(39)47-40(26-14-28-42(47)48-41)45-37-23-11-9-21-35(37)43(30-15-3-2-4-16-30)36-22-10-12-24-38(36)45/h2-28H,1H3. The molecule has 10 rings (SSSR count). The second-order valence-corrected chi connectivity index (χ2v) is 15.0. The predicted octanol–water partition coefficient (Wildman–Crippen LogP) is 13.0. The van der Waals surface area contributed by atoms with E-state index in [-0.39, 0.29) is 14.5 Å². The van der Waals surface area contributed by atoms with Crippen molar-refractivity contribution in [1.29, 1.82) is 0 Å². The van der Waals surface area contributed by atoms with Crippen molar-refractivity contribution in [2.45, 2.75) is 6.92 Å². The van der Waals surface area contributed by atoms with Gasteiger partial charge in [-0.3, -0.25) is 0 Å². The minimum absolute atomic E-state index is 0.211. The molecule has 0 aliphatic heterocycles. The van der Waals surface area contributed by atoms with Crippen LogP contribution in [0.2, 0.25) is 0 Å². The Balaban J connectivity index is 1.39. The van der Waals surface area contributed by atoms with E-state index in [9.17, 15) is 0 Å². The van der Waals surface area contributed by atoms with Gasteiger partial charge in [-0.25, -0.2) is 0 Å². The van der Waals surface area contributed by atoms with E-state index < -0.39 is 0 Å². The van der Waals surface area contributed by atoms with Gasteiger partial charge in [-0.2, -0.15) is 0 Å². The molecule has 48 heavy (non-hydrogen) atoms. The molecule has 0 saturated carbocycles. The van der Waals surface area contributed by atoms with Crippen LogP contribution in [0.5, 0.6) is 0 Å². The second-order valence-electron chi connectivity index (χ2n) is 12.8. The fourth-order valence-corrected chi connectivity index (χ4v) is 10.7. The van der Waals surface area contributed by atoms with Gasteiger partial charge in [0.2, 0.25) is 0 Å². The van der Waals surface area contributed by atoms with Gasteiger partial charge >= 0.3 is 287 Å². The number of hydrogen-bond donors (Lipinski definition) is 0. The third kappa shape index (κ3) is 3.96. The Bertz CT molecular complexity index is 2780. The average Bonchev–Trinajstić information content (AvgIpc) is 3.54. The summed E-state index contributed by atoms with van der Waals surface area (Å²) in [7, 11) is 0. The predicted molar refractivity (Wildman–Crippen MR) is 209 cm³/mol. The van der Waals surface area contributed by atoms with Gasteiger partial charge in [0.25, 0.3) is 0 Å². The van der Waals surface area contributed by atoms with Crippen LogP contribution in [0.25, 0.3) is 95.8 Å². The quantitative estimate of drug-likeness (QED) is 0.129. The molecule has 0 aliphatic carbocycles. The van der Waals surface area contributed by atoms with Crippen molar-refractivity contribution in [3.63, 3.8) is 0 Å². The third-order valence-electron chi connectivity index (χ3n) is 10.3. The molecule has 10 aromatic rings. The number of aryl methyl sites for hydroxylation is 1. The first-order valence-corrected chi connectivity index (χ1v) is 18.3. The zero-order valence-electron chi connectivity index (χ0n) is 26.5. The van der Waals surface area contributed by atoms with Gasteiger partial charge < -0.3 is 0 Å². The second kappa shape index (κ2) is 10.8. The van der Waals surface area contributed by atoms with E-state index in [1.807, 2.05) is 0 Å². The molecule has 0 spiro atoms. The molecule has 0 N–H and O–H groups in total. The number of fused-ring (bicyclic) bond motifs is 7. The summed E-state index contributed by atoms with van der Waals surface area (Å²) in [5, 5.41) is 13.3. The number of benzene rings is 9. The molecule has 1 heterocycles. The Morgan fingerprint density at radius 1 is 0.312 bits per heavy atom. The monoisotopic (exact) mass is 674 g/mol. The van der Waals surface area contributed by atoms with Crippen molar-refractivity contribution < 1.29 is 0 Å². The molecule has 0 bridgehead atoms. The average molecular weight is 674 g/mol. The van der Waals surface area contributed by atoms with Crippen LogP contribution in [0.3, 0.4) is 0 Å². The fourth-order valence-electron chi connectivity index (χ4n) is 8.25. The summed E-state index contributed by atoms with van der Waals surface area (Å²) in [5.41, 5.74) is 9.24. The molecule has 224 valence electrons. The van der Waals surface area contributed by atoms with Gasteiger partial charge in [-0.15, -0.1) is 0 Å². The molecule has 0 atom stereocenters. The molecule has 0 saturated heterocycles. The van der Waals surface area contributed by atoms with E-state index in [1.54, 1.807) is 0 Å².